The molecule has 2 unspecified atom stereocenters. The van der Waals surface area contributed by atoms with E-state index in [1.807, 2.05) is 26.2 Å². The van der Waals surface area contributed by atoms with Crippen LogP contribution in [0.1, 0.15) is 42.5 Å². The number of alkyl halides is 3. The first kappa shape index (κ1) is 28.0. The van der Waals surface area contributed by atoms with Gasteiger partial charge in [0.05, 0.1) is 18.0 Å². The number of aromatic nitrogens is 3. The van der Waals surface area contributed by atoms with E-state index >= 15 is 0 Å². The molecule has 1 amide bonds. The van der Waals surface area contributed by atoms with Gasteiger partial charge in [0.25, 0.3) is 5.82 Å². The average Bonchev–Trinajstić information content (AvgIpc) is 3.79. The number of carbonyl (C=O) groups is 2. The highest BCUT2D eigenvalue weighted by atomic mass is 35.5. The maximum atomic E-state index is 12.2. The summed E-state index contributed by atoms with van der Waals surface area (Å²) in [5.74, 6) is -0.166. The molecule has 202 valence electrons. The van der Waals surface area contributed by atoms with E-state index in [-0.39, 0.29) is 11.8 Å². The van der Waals surface area contributed by atoms with Crippen LogP contribution in [0.2, 0.25) is 5.02 Å². The number of pyridine rings is 1. The van der Waals surface area contributed by atoms with E-state index in [4.69, 9.17) is 21.5 Å². The highest BCUT2D eigenvalue weighted by Gasteiger charge is 2.44. The number of carboxylic acids is 1. The van der Waals surface area contributed by atoms with Crippen molar-refractivity contribution in [3.05, 3.63) is 59.0 Å². The van der Waals surface area contributed by atoms with Crippen LogP contribution >= 0.6 is 23.4 Å². The number of amides is 1. The summed E-state index contributed by atoms with van der Waals surface area (Å²) in [6, 6.07) is 12.5. The van der Waals surface area contributed by atoms with Crippen molar-refractivity contribution in [3.8, 4) is 11.3 Å². The normalized spacial score (nSPS) is 18.4. The minimum absolute atomic E-state index is 0.132. The van der Waals surface area contributed by atoms with Gasteiger partial charge in [-0.15, -0.1) is 0 Å². The van der Waals surface area contributed by atoms with E-state index < -0.39 is 12.1 Å². The summed E-state index contributed by atoms with van der Waals surface area (Å²) in [4.78, 5) is 31.0. The van der Waals surface area contributed by atoms with Crippen molar-refractivity contribution in [1.82, 2.24) is 14.9 Å². The van der Waals surface area contributed by atoms with Crippen molar-refractivity contribution in [3.63, 3.8) is 0 Å². The molecule has 0 radical (unpaired) electrons. The summed E-state index contributed by atoms with van der Waals surface area (Å²) in [6.07, 6.45) is 0.0227. The first-order valence-corrected chi connectivity index (χ1v) is 13.1. The lowest BCUT2D eigenvalue weighted by molar-refractivity contribution is -0.713. The van der Waals surface area contributed by atoms with Crippen LogP contribution in [-0.2, 0) is 16.6 Å². The molecule has 2 saturated carbocycles. The quantitative estimate of drug-likeness (QED) is 0.389. The Kier molecular flexibility index (Phi) is 8.08. The molecule has 2 fully saturated rings. The molecular weight excluding hydrogens is 541 g/mol. The highest BCUT2D eigenvalue weighted by molar-refractivity contribution is 7.99. The van der Waals surface area contributed by atoms with Gasteiger partial charge in [-0.05, 0) is 54.6 Å². The molecule has 2 heterocycles. The number of benzene rings is 1. The van der Waals surface area contributed by atoms with Gasteiger partial charge in [-0.3, -0.25) is 4.79 Å². The molecule has 0 aliphatic heterocycles. The lowest BCUT2D eigenvalue weighted by Gasteiger charge is -2.09. The standard InChI is InChI=1S/C24H25ClN4OS.C2HF3O2/c1-28(2)23(30)19-12-18(19)14-4-6-15(7-5-14)21-24(29(3)22(27-21)16-8-9-16)31-20-11-10-17(25)13-26-20;3-2(4,5)1(6)7/h4-7,10-11,13,16,18-19H,8-9,12H2,1-3H3;(H,6,7)/p+1. The van der Waals surface area contributed by atoms with E-state index in [1.165, 1.54) is 24.2 Å². The van der Waals surface area contributed by atoms with Gasteiger partial charge in [-0.25, -0.2) is 19.3 Å². The Bertz CT molecular complexity index is 1320. The highest BCUT2D eigenvalue weighted by Crippen LogP contribution is 2.49. The Morgan fingerprint density at radius 1 is 1.16 bits per heavy atom. The van der Waals surface area contributed by atoms with Crippen LogP contribution in [-0.4, -0.2) is 52.1 Å². The average molecular weight is 568 g/mol. The van der Waals surface area contributed by atoms with E-state index in [2.05, 4.69) is 45.8 Å². The third-order valence-corrected chi connectivity index (χ3v) is 7.76. The molecule has 2 aliphatic rings. The van der Waals surface area contributed by atoms with Crippen LogP contribution in [0.4, 0.5) is 13.2 Å². The predicted molar refractivity (Wildman–Crippen MR) is 136 cm³/mol. The van der Waals surface area contributed by atoms with Gasteiger partial charge in [0, 0.05) is 31.8 Å². The monoisotopic (exact) mass is 567 g/mol. The Hall–Kier alpha value is -3.05. The minimum Gasteiger partial charge on any atom is -0.475 e. The minimum atomic E-state index is -5.08. The smallest absolute Gasteiger partial charge is 0.475 e. The second kappa shape index (κ2) is 11.0. The van der Waals surface area contributed by atoms with Crippen molar-refractivity contribution in [2.75, 3.05) is 14.1 Å². The maximum Gasteiger partial charge on any atom is 0.490 e. The molecule has 2 atom stereocenters. The van der Waals surface area contributed by atoms with E-state index in [0.29, 0.717) is 16.9 Å². The van der Waals surface area contributed by atoms with Crippen LogP contribution in [0.15, 0.2) is 52.6 Å². The van der Waals surface area contributed by atoms with Crippen molar-refractivity contribution in [2.45, 2.75) is 47.3 Å². The topological polar surface area (TPSA) is 90.2 Å². The number of nitrogens with zero attached hydrogens (tertiary/aromatic N) is 3. The number of nitrogens with one attached hydrogen (secondary N) is 1. The van der Waals surface area contributed by atoms with Gasteiger partial charge >= 0.3 is 12.1 Å². The van der Waals surface area contributed by atoms with Gasteiger partial charge in [0.1, 0.15) is 5.03 Å². The number of carbonyl (C=O) groups excluding carboxylic acids is 1. The number of rotatable bonds is 6. The van der Waals surface area contributed by atoms with Gasteiger partial charge < -0.3 is 10.0 Å². The molecule has 3 aromatic rings. The number of carboxylic acid groups (broad SMARTS) is 1. The number of hydrogen-bond acceptors (Lipinski definition) is 4. The Morgan fingerprint density at radius 3 is 2.29 bits per heavy atom. The summed E-state index contributed by atoms with van der Waals surface area (Å²) in [5, 5.41) is 9.84. The first-order valence-electron chi connectivity index (χ1n) is 11.9. The number of hydrogen-bond donors (Lipinski definition) is 2. The SMILES string of the molecule is CN(C)C(=O)C1CC1c1ccc(-c2[nH]c(C3CC3)[n+](C)c2Sc2ccc(Cl)cn2)cc1.O=C(O)C(F)(F)F. The number of aliphatic carboxylic acids is 1. The Balaban J connectivity index is 0.000000426. The van der Waals surface area contributed by atoms with E-state index in [9.17, 15) is 18.0 Å². The summed E-state index contributed by atoms with van der Waals surface area (Å²) in [7, 11) is 5.79. The molecule has 12 heteroatoms. The van der Waals surface area contributed by atoms with E-state index in [0.717, 1.165) is 27.7 Å². The molecule has 0 bridgehead atoms. The number of aromatic amines is 1. The molecule has 5 rings (SSSR count). The summed E-state index contributed by atoms with van der Waals surface area (Å²) >= 11 is 7.67. The lowest BCUT2D eigenvalue weighted by atomic mass is 10.0. The van der Waals surface area contributed by atoms with Crippen LogP contribution in [0.3, 0.4) is 0 Å². The fraction of sp³-hybridized carbons (Fsp3) is 0.385. The third-order valence-electron chi connectivity index (χ3n) is 6.42. The van der Waals surface area contributed by atoms with Crippen LogP contribution in [0, 0.1) is 5.92 Å². The molecule has 2 aliphatic carbocycles. The van der Waals surface area contributed by atoms with Crippen molar-refractivity contribution in [2.24, 2.45) is 13.0 Å². The molecule has 1 aromatic carbocycles. The maximum absolute atomic E-state index is 12.2. The third kappa shape index (κ3) is 6.50. The second-order valence-electron chi connectivity index (χ2n) is 9.55. The van der Waals surface area contributed by atoms with Crippen molar-refractivity contribution < 1.29 is 32.4 Å². The van der Waals surface area contributed by atoms with E-state index in [1.54, 1.807) is 22.9 Å². The van der Waals surface area contributed by atoms with Crippen LogP contribution in [0.5, 0.6) is 0 Å². The molecular formula is C26H27ClF3N4O3S+. The first-order chi connectivity index (χ1) is 17.9. The van der Waals surface area contributed by atoms with Crippen molar-refractivity contribution in [1.29, 1.82) is 0 Å². The predicted octanol–water partition coefficient (Wildman–Crippen LogP) is 5.41. The fourth-order valence-electron chi connectivity index (χ4n) is 4.18. The lowest BCUT2D eigenvalue weighted by Crippen LogP contribution is -2.33. The summed E-state index contributed by atoms with van der Waals surface area (Å²) < 4.78 is 34.0. The zero-order valence-corrected chi connectivity index (χ0v) is 22.5. The number of halogens is 4. The van der Waals surface area contributed by atoms with Gasteiger partial charge in [0.2, 0.25) is 10.9 Å². The Morgan fingerprint density at radius 2 is 1.79 bits per heavy atom. The zero-order valence-electron chi connectivity index (χ0n) is 20.9. The largest absolute Gasteiger partial charge is 0.490 e. The zero-order chi connectivity index (χ0) is 27.8. The summed E-state index contributed by atoms with van der Waals surface area (Å²) in [6.45, 7) is 0. The molecule has 0 saturated heterocycles. The number of imidazole rings is 1. The van der Waals surface area contributed by atoms with Crippen molar-refractivity contribution >= 4 is 35.2 Å². The molecule has 38 heavy (non-hydrogen) atoms. The molecule has 2 aromatic heterocycles. The fourth-order valence-corrected chi connectivity index (χ4v) is 5.23. The second-order valence-corrected chi connectivity index (χ2v) is 11.0. The van der Waals surface area contributed by atoms with Gasteiger partial charge in [-0.2, -0.15) is 13.2 Å². The van der Waals surface area contributed by atoms with Gasteiger partial charge in [-0.1, -0.05) is 35.9 Å². The van der Waals surface area contributed by atoms with Crippen LogP contribution in [0.25, 0.3) is 11.3 Å². The summed E-state index contributed by atoms with van der Waals surface area (Å²) in [5.41, 5.74) is 3.52. The molecule has 2 N–H and O–H groups in total. The number of H-pyrrole nitrogens is 1. The van der Waals surface area contributed by atoms with Crippen LogP contribution < -0.4 is 4.57 Å². The molecule has 7 nitrogen and oxygen atoms in total. The Labute approximate surface area is 227 Å². The van der Waals surface area contributed by atoms with Gasteiger partial charge in [0.15, 0.2) is 5.69 Å². The molecule has 0 spiro atoms.